The minimum absolute atomic E-state index is 0.175. The summed E-state index contributed by atoms with van der Waals surface area (Å²) in [5.41, 5.74) is 2.64. The van der Waals surface area contributed by atoms with Crippen LogP contribution in [0.1, 0.15) is 33.2 Å². The van der Waals surface area contributed by atoms with Gasteiger partial charge in [0.1, 0.15) is 0 Å². The Kier molecular flexibility index (Phi) is 6.03. The molecule has 0 spiro atoms. The molecule has 0 saturated carbocycles. The predicted molar refractivity (Wildman–Crippen MR) is 106 cm³/mol. The van der Waals surface area contributed by atoms with Gasteiger partial charge in [-0.05, 0) is 37.6 Å². The molecule has 1 fully saturated rings. The Morgan fingerprint density at radius 3 is 2.46 bits per heavy atom. The molecule has 0 unspecified atom stereocenters. The van der Waals surface area contributed by atoms with Gasteiger partial charge in [0.05, 0.1) is 11.1 Å². The van der Waals surface area contributed by atoms with E-state index >= 15 is 0 Å². The molecule has 3 amide bonds. The standard InChI is InChI=1S/C21H24N4O3/c1-3-25(19-6-4-5-16(2)11-19)21(28)18-12-17(13-22-14-18)20(27)24-9-7-23(15-26)8-10-24/h4-6,11-15H,3,7-10H2,1-2H3. The van der Waals surface area contributed by atoms with Crippen molar-refractivity contribution in [1.29, 1.82) is 0 Å². The van der Waals surface area contributed by atoms with Gasteiger partial charge in [0, 0.05) is 50.8 Å². The van der Waals surface area contributed by atoms with Crippen LogP contribution >= 0.6 is 0 Å². The van der Waals surface area contributed by atoms with Crippen molar-refractivity contribution in [3.05, 3.63) is 59.4 Å². The number of rotatable bonds is 5. The van der Waals surface area contributed by atoms with Crippen LogP contribution in [0.3, 0.4) is 0 Å². The first-order chi connectivity index (χ1) is 13.5. The van der Waals surface area contributed by atoms with Crippen molar-refractivity contribution in [2.45, 2.75) is 13.8 Å². The van der Waals surface area contributed by atoms with Crippen molar-refractivity contribution in [3.63, 3.8) is 0 Å². The number of benzene rings is 1. The maximum absolute atomic E-state index is 13.0. The minimum atomic E-state index is -0.193. The highest BCUT2D eigenvalue weighted by molar-refractivity contribution is 6.07. The molecule has 2 aromatic rings. The molecule has 0 aliphatic carbocycles. The van der Waals surface area contributed by atoms with E-state index in [1.54, 1.807) is 20.8 Å². The Hall–Kier alpha value is -3.22. The molecule has 2 heterocycles. The van der Waals surface area contributed by atoms with Gasteiger partial charge in [-0.3, -0.25) is 19.4 Å². The molecule has 3 rings (SSSR count). The number of anilines is 1. The van der Waals surface area contributed by atoms with Crippen LogP contribution in [0.15, 0.2) is 42.7 Å². The van der Waals surface area contributed by atoms with Crippen molar-refractivity contribution in [3.8, 4) is 0 Å². The van der Waals surface area contributed by atoms with E-state index in [0.717, 1.165) is 17.7 Å². The summed E-state index contributed by atoms with van der Waals surface area (Å²) in [6, 6.07) is 9.34. The number of hydrogen-bond acceptors (Lipinski definition) is 4. The molecule has 28 heavy (non-hydrogen) atoms. The average molecular weight is 380 g/mol. The van der Waals surface area contributed by atoms with Gasteiger partial charge in [0.15, 0.2) is 0 Å². The van der Waals surface area contributed by atoms with E-state index < -0.39 is 0 Å². The van der Waals surface area contributed by atoms with Gasteiger partial charge < -0.3 is 14.7 Å². The first-order valence-electron chi connectivity index (χ1n) is 9.35. The summed E-state index contributed by atoms with van der Waals surface area (Å²) < 4.78 is 0. The number of carbonyl (C=O) groups excluding carboxylic acids is 3. The van der Waals surface area contributed by atoms with Gasteiger partial charge in [-0.1, -0.05) is 12.1 Å². The average Bonchev–Trinajstić information content (AvgIpc) is 2.74. The fourth-order valence-electron chi connectivity index (χ4n) is 3.28. The van der Waals surface area contributed by atoms with E-state index in [9.17, 15) is 14.4 Å². The lowest BCUT2D eigenvalue weighted by Gasteiger charge is -2.32. The number of aryl methyl sites for hydroxylation is 1. The normalized spacial score (nSPS) is 13.9. The maximum Gasteiger partial charge on any atom is 0.259 e. The van der Waals surface area contributed by atoms with E-state index in [1.165, 1.54) is 12.4 Å². The summed E-state index contributed by atoms with van der Waals surface area (Å²) in [5.74, 6) is -0.368. The van der Waals surface area contributed by atoms with Crippen LogP contribution in [0.5, 0.6) is 0 Å². The van der Waals surface area contributed by atoms with Crippen LogP contribution in [0.2, 0.25) is 0 Å². The van der Waals surface area contributed by atoms with Crippen LogP contribution in [0.25, 0.3) is 0 Å². The van der Waals surface area contributed by atoms with Crippen LogP contribution in [-0.4, -0.2) is 65.7 Å². The molecule has 1 aromatic carbocycles. The summed E-state index contributed by atoms with van der Waals surface area (Å²) in [5, 5.41) is 0. The molecule has 7 nitrogen and oxygen atoms in total. The molecule has 1 aliphatic heterocycles. The zero-order valence-electron chi connectivity index (χ0n) is 16.2. The topological polar surface area (TPSA) is 73.8 Å². The highest BCUT2D eigenvalue weighted by Gasteiger charge is 2.23. The molecule has 0 radical (unpaired) electrons. The van der Waals surface area contributed by atoms with E-state index in [-0.39, 0.29) is 11.8 Å². The van der Waals surface area contributed by atoms with Crippen molar-refractivity contribution < 1.29 is 14.4 Å². The van der Waals surface area contributed by atoms with Crippen LogP contribution in [0.4, 0.5) is 5.69 Å². The van der Waals surface area contributed by atoms with Crippen molar-refractivity contribution >= 4 is 23.9 Å². The number of nitrogens with zero attached hydrogens (tertiary/aromatic N) is 4. The Bertz CT molecular complexity index is 875. The number of amides is 3. The predicted octanol–water partition coefficient (Wildman–Crippen LogP) is 1.97. The summed E-state index contributed by atoms with van der Waals surface area (Å²) >= 11 is 0. The second kappa shape index (κ2) is 8.65. The number of hydrogen-bond donors (Lipinski definition) is 0. The fourth-order valence-corrected chi connectivity index (χ4v) is 3.28. The Morgan fingerprint density at radius 1 is 1.11 bits per heavy atom. The smallest absolute Gasteiger partial charge is 0.259 e. The van der Waals surface area contributed by atoms with E-state index in [1.807, 2.05) is 38.1 Å². The summed E-state index contributed by atoms with van der Waals surface area (Å²) in [6.45, 7) is 6.37. The van der Waals surface area contributed by atoms with Gasteiger partial charge in [0.25, 0.3) is 11.8 Å². The molecule has 0 bridgehead atoms. The number of piperazine rings is 1. The lowest BCUT2D eigenvalue weighted by molar-refractivity contribution is -0.119. The molecule has 0 N–H and O–H groups in total. The van der Waals surface area contributed by atoms with Crippen LogP contribution in [-0.2, 0) is 4.79 Å². The van der Waals surface area contributed by atoms with Gasteiger partial charge in [-0.25, -0.2) is 0 Å². The molecule has 1 aliphatic rings. The zero-order valence-corrected chi connectivity index (χ0v) is 16.2. The first kappa shape index (κ1) is 19.5. The number of pyridine rings is 1. The third kappa shape index (κ3) is 4.19. The van der Waals surface area contributed by atoms with Crippen molar-refractivity contribution in [2.24, 2.45) is 0 Å². The molecule has 7 heteroatoms. The second-order valence-electron chi connectivity index (χ2n) is 6.78. The molecule has 1 saturated heterocycles. The lowest BCUT2D eigenvalue weighted by atomic mass is 10.1. The molecule has 1 aromatic heterocycles. The maximum atomic E-state index is 13.0. The fraction of sp³-hybridized carbons (Fsp3) is 0.333. The first-order valence-corrected chi connectivity index (χ1v) is 9.35. The van der Waals surface area contributed by atoms with Gasteiger partial charge in [-0.2, -0.15) is 0 Å². The van der Waals surface area contributed by atoms with E-state index in [4.69, 9.17) is 0 Å². The second-order valence-corrected chi connectivity index (χ2v) is 6.78. The number of aromatic nitrogens is 1. The van der Waals surface area contributed by atoms with Gasteiger partial charge >= 0.3 is 0 Å². The molecular formula is C21H24N4O3. The third-order valence-corrected chi connectivity index (χ3v) is 4.86. The van der Waals surface area contributed by atoms with Gasteiger partial charge in [0.2, 0.25) is 6.41 Å². The largest absolute Gasteiger partial charge is 0.342 e. The third-order valence-electron chi connectivity index (χ3n) is 4.86. The van der Waals surface area contributed by atoms with Crippen molar-refractivity contribution in [1.82, 2.24) is 14.8 Å². The number of carbonyl (C=O) groups is 3. The Labute approximate surface area is 164 Å². The molecular weight excluding hydrogens is 356 g/mol. The van der Waals surface area contributed by atoms with Crippen LogP contribution < -0.4 is 4.90 Å². The Morgan fingerprint density at radius 2 is 1.82 bits per heavy atom. The van der Waals surface area contributed by atoms with E-state index in [2.05, 4.69) is 4.98 Å². The summed E-state index contributed by atoms with van der Waals surface area (Å²) in [4.78, 5) is 45.8. The zero-order chi connectivity index (χ0) is 20.1. The highest BCUT2D eigenvalue weighted by Crippen LogP contribution is 2.19. The van der Waals surface area contributed by atoms with Crippen molar-refractivity contribution in [2.75, 3.05) is 37.6 Å². The van der Waals surface area contributed by atoms with Crippen LogP contribution in [0, 0.1) is 6.92 Å². The lowest BCUT2D eigenvalue weighted by Crippen LogP contribution is -2.48. The van der Waals surface area contributed by atoms with E-state index in [0.29, 0.717) is 43.9 Å². The summed E-state index contributed by atoms with van der Waals surface area (Å²) in [6.07, 6.45) is 3.77. The molecule has 146 valence electrons. The quantitative estimate of drug-likeness (QED) is 0.744. The molecule has 0 atom stereocenters. The summed E-state index contributed by atoms with van der Waals surface area (Å²) in [7, 11) is 0. The van der Waals surface area contributed by atoms with Gasteiger partial charge in [-0.15, -0.1) is 0 Å². The SMILES string of the molecule is CCN(C(=O)c1cncc(C(=O)N2CCN(C=O)CC2)c1)c1cccc(C)c1. The highest BCUT2D eigenvalue weighted by atomic mass is 16.2. The monoisotopic (exact) mass is 380 g/mol. The Balaban J connectivity index is 1.79. The minimum Gasteiger partial charge on any atom is -0.342 e.